The molecule has 0 unspecified atom stereocenters. The molecule has 0 saturated heterocycles. The van der Waals surface area contributed by atoms with E-state index in [1.54, 1.807) is 0 Å². The van der Waals surface area contributed by atoms with E-state index >= 15 is 0 Å². The second-order valence-corrected chi connectivity index (χ2v) is 5.27. The molecule has 0 bridgehead atoms. The number of aromatic amines is 1. The Morgan fingerprint density at radius 3 is 2.79 bits per heavy atom. The Labute approximate surface area is 115 Å². The summed E-state index contributed by atoms with van der Waals surface area (Å²) in [6.07, 6.45) is 4.04. The summed E-state index contributed by atoms with van der Waals surface area (Å²) in [6, 6.07) is 8.94. The fraction of sp³-hybridized carbons (Fsp3) is 0.438. The lowest BCUT2D eigenvalue weighted by Crippen LogP contribution is -2.24. The van der Waals surface area contributed by atoms with Crippen LogP contribution in [0.15, 0.2) is 30.5 Å². The third-order valence-electron chi connectivity index (χ3n) is 3.21. The van der Waals surface area contributed by atoms with Crippen molar-refractivity contribution in [2.45, 2.75) is 39.7 Å². The lowest BCUT2D eigenvalue weighted by atomic mass is 10.1. The molecule has 2 rings (SSSR count). The Morgan fingerprint density at radius 1 is 1.26 bits per heavy atom. The molecule has 2 N–H and O–H groups in total. The average molecular weight is 257 g/mol. The first-order valence-corrected chi connectivity index (χ1v) is 7.00. The third kappa shape index (κ3) is 3.93. The van der Waals surface area contributed by atoms with Crippen molar-refractivity contribution in [3.8, 4) is 11.3 Å². The normalized spacial score (nSPS) is 11.2. The number of imidazole rings is 1. The Bertz CT molecular complexity index is 514. The van der Waals surface area contributed by atoms with Gasteiger partial charge in [0.25, 0.3) is 0 Å². The number of hydrogen-bond acceptors (Lipinski definition) is 2. The maximum Gasteiger partial charge on any atom is 0.106 e. The van der Waals surface area contributed by atoms with Crippen molar-refractivity contribution in [2.24, 2.45) is 0 Å². The van der Waals surface area contributed by atoms with E-state index < -0.39 is 0 Å². The summed E-state index contributed by atoms with van der Waals surface area (Å²) in [4.78, 5) is 7.89. The topological polar surface area (TPSA) is 40.7 Å². The maximum absolute atomic E-state index is 4.47. The number of benzene rings is 1. The number of hydrogen-bond donors (Lipinski definition) is 2. The molecule has 0 fully saturated rings. The summed E-state index contributed by atoms with van der Waals surface area (Å²) >= 11 is 0. The monoisotopic (exact) mass is 257 g/mol. The van der Waals surface area contributed by atoms with Crippen LogP contribution in [0.2, 0.25) is 0 Å². The quantitative estimate of drug-likeness (QED) is 0.779. The van der Waals surface area contributed by atoms with Crippen molar-refractivity contribution in [3.05, 3.63) is 41.9 Å². The van der Waals surface area contributed by atoms with Gasteiger partial charge < -0.3 is 10.3 Å². The van der Waals surface area contributed by atoms with E-state index in [1.165, 1.54) is 11.1 Å². The number of rotatable bonds is 6. The summed E-state index contributed by atoms with van der Waals surface area (Å²) in [5.41, 5.74) is 3.63. The molecular weight excluding hydrogens is 234 g/mol. The largest absolute Gasteiger partial charge is 0.342 e. The highest BCUT2D eigenvalue weighted by Gasteiger charge is 2.05. The zero-order valence-electron chi connectivity index (χ0n) is 12.0. The minimum Gasteiger partial charge on any atom is -0.342 e. The lowest BCUT2D eigenvalue weighted by Gasteiger charge is -2.06. The van der Waals surface area contributed by atoms with E-state index in [9.17, 15) is 0 Å². The second-order valence-electron chi connectivity index (χ2n) is 5.27. The number of H-pyrrole nitrogens is 1. The Balaban J connectivity index is 1.94. The van der Waals surface area contributed by atoms with Crippen molar-refractivity contribution in [1.82, 2.24) is 15.3 Å². The molecule has 0 spiro atoms. The molecular formula is C16H23N3. The molecule has 0 radical (unpaired) electrons. The first-order valence-electron chi connectivity index (χ1n) is 7.00. The van der Waals surface area contributed by atoms with Crippen LogP contribution in [0.3, 0.4) is 0 Å². The second kappa shape index (κ2) is 6.53. The van der Waals surface area contributed by atoms with Crippen molar-refractivity contribution >= 4 is 0 Å². The number of aromatic nitrogens is 2. The van der Waals surface area contributed by atoms with Gasteiger partial charge in [0, 0.05) is 18.0 Å². The van der Waals surface area contributed by atoms with Gasteiger partial charge in [-0.1, -0.05) is 38.1 Å². The van der Waals surface area contributed by atoms with E-state index in [4.69, 9.17) is 0 Å². The minimum atomic E-state index is 0.555. The van der Waals surface area contributed by atoms with E-state index in [0.29, 0.717) is 6.04 Å². The van der Waals surface area contributed by atoms with Crippen LogP contribution in [0.5, 0.6) is 0 Å². The summed E-state index contributed by atoms with van der Waals surface area (Å²) in [5.74, 6) is 1.07. The molecule has 2 aromatic rings. The number of nitrogens with zero attached hydrogens (tertiary/aromatic N) is 1. The van der Waals surface area contributed by atoms with Gasteiger partial charge in [0.2, 0.25) is 0 Å². The highest BCUT2D eigenvalue weighted by Crippen LogP contribution is 2.21. The van der Waals surface area contributed by atoms with E-state index in [0.717, 1.165) is 30.9 Å². The fourth-order valence-corrected chi connectivity index (χ4v) is 2.15. The van der Waals surface area contributed by atoms with Crippen LogP contribution in [0.4, 0.5) is 0 Å². The van der Waals surface area contributed by atoms with Crippen molar-refractivity contribution in [1.29, 1.82) is 0 Å². The van der Waals surface area contributed by atoms with Gasteiger partial charge in [0.15, 0.2) is 0 Å². The van der Waals surface area contributed by atoms with Crippen LogP contribution in [-0.4, -0.2) is 22.6 Å². The van der Waals surface area contributed by atoms with E-state index in [2.05, 4.69) is 60.3 Å². The molecule has 1 heterocycles. The van der Waals surface area contributed by atoms with Gasteiger partial charge in [-0.05, 0) is 25.5 Å². The molecule has 3 heteroatoms. The van der Waals surface area contributed by atoms with E-state index in [1.807, 2.05) is 6.20 Å². The van der Waals surface area contributed by atoms with Gasteiger partial charge in [-0.15, -0.1) is 0 Å². The minimum absolute atomic E-state index is 0.555. The molecule has 3 nitrogen and oxygen atoms in total. The van der Waals surface area contributed by atoms with Crippen LogP contribution < -0.4 is 5.32 Å². The van der Waals surface area contributed by atoms with Crippen LogP contribution >= 0.6 is 0 Å². The molecule has 19 heavy (non-hydrogen) atoms. The molecule has 0 aliphatic carbocycles. The summed E-state index contributed by atoms with van der Waals surface area (Å²) in [6.45, 7) is 7.51. The maximum atomic E-state index is 4.47. The Morgan fingerprint density at radius 2 is 2.05 bits per heavy atom. The zero-order chi connectivity index (χ0) is 13.7. The summed E-state index contributed by atoms with van der Waals surface area (Å²) < 4.78 is 0. The molecule has 0 atom stereocenters. The van der Waals surface area contributed by atoms with Crippen LogP contribution in [0.1, 0.15) is 31.7 Å². The Hall–Kier alpha value is -1.61. The van der Waals surface area contributed by atoms with Gasteiger partial charge in [-0.2, -0.15) is 0 Å². The van der Waals surface area contributed by atoms with Crippen molar-refractivity contribution in [2.75, 3.05) is 6.54 Å². The molecule has 0 amide bonds. The molecule has 0 aliphatic heterocycles. The van der Waals surface area contributed by atoms with Crippen LogP contribution in [0.25, 0.3) is 11.3 Å². The molecule has 1 aromatic carbocycles. The zero-order valence-corrected chi connectivity index (χ0v) is 12.0. The number of nitrogens with one attached hydrogen (secondary N) is 2. The highest BCUT2D eigenvalue weighted by molar-refractivity contribution is 5.62. The predicted octanol–water partition coefficient (Wildman–Crippen LogP) is 3.32. The van der Waals surface area contributed by atoms with Crippen molar-refractivity contribution < 1.29 is 0 Å². The molecule has 0 aliphatic rings. The Kier molecular flexibility index (Phi) is 4.74. The smallest absolute Gasteiger partial charge is 0.106 e. The first kappa shape index (κ1) is 13.8. The third-order valence-corrected chi connectivity index (χ3v) is 3.21. The lowest BCUT2D eigenvalue weighted by molar-refractivity contribution is 0.567. The van der Waals surface area contributed by atoms with Gasteiger partial charge in [0.05, 0.1) is 11.9 Å². The summed E-state index contributed by atoms with van der Waals surface area (Å²) in [5, 5.41) is 3.42. The predicted molar refractivity (Wildman–Crippen MR) is 80.2 cm³/mol. The SMILES string of the molecule is Cc1ccccc1-c1cnc(CCCNC(C)C)[nH]1. The average Bonchev–Trinajstić information content (AvgIpc) is 2.83. The van der Waals surface area contributed by atoms with Gasteiger partial charge in [0.1, 0.15) is 5.82 Å². The molecule has 102 valence electrons. The van der Waals surface area contributed by atoms with Crippen molar-refractivity contribution in [3.63, 3.8) is 0 Å². The number of aryl methyl sites for hydroxylation is 2. The van der Waals surface area contributed by atoms with Gasteiger partial charge in [-0.25, -0.2) is 4.98 Å². The van der Waals surface area contributed by atoms with Crippen LogP contribution in [0, 0.1) is 6.92 Å². The van der Waals surface area contributed by atoms with E-state index in [-0.39, 0.29) is 0 Å². The molecule has 1 aromatic heterocycles. The van der Waals surface area contributed by atoms with Crippen LogP contribution in [-0.2, 0) is 6.42 Å². The van der Waals surface area contributed by atoms with Gasteiger partial charge >= 0.3 is 0 Å². The fourth-order valence-electron chi connectivity index (χ4n) is 2.15. The summed E-state index contributed by atoms with van der Waals surface area (Å²) in [7, 11) is 0. The molecule has 0 saturated carbocycles. The first-order chi connectivity index (χ1) is 9.16. The van der Waals surface area contributed by atoms with Gasteiger partial charge in [-0.3, -0.25) is 0 Å². The highest BCUT2D eigenvalue weighted by atomic mass is 14.9. The standard InChI is InChI=1S/C16H23N3/c1-12(2)17-10-6-9-16-18-11-15(19-16)14-8-5-4-7-13(14)3/h4-5,7-8,11-12,17H,6,9-10H2,1-3H3,(H,18,19).